The van der Waals surface area contributed by atoms with E-state index in [4.69, 9.17) is 4.74 Å². The maximum Gasteiger partial charge on any atom is 0.274 e. The number of nitrogens with zero attached hydrogens (tertiary/aromatic N) is 2. The number of carbonyl (C=O) groups excluding carboxylic acids is 1. The molecular weight excluding hydrogens is 347 g/mol. The highest BCUT2D eigenvalue weighted by molar-refractivity contribution is 6.03. The second kappa shape index (κ2) is 8.75. The number of rotatable bonds is 7. The first-order valence-corrected chi connectivity index (χ1v) is 8.42. The lowest BCUT2D eigenvalue weighted by molar-refractivity contribution is 0.102. The van der Waals surface area contributed by atoms with Crippen molar-refractivity contribution in [1.82, 2.24) is 9.97 Å². The lowest BCUT2D eigenvalue weighted by Crippen LogP contribution is -2.16. The molecule has 0 saturated carbocycles. The van der Waals surface area contributed by atoms with E-state index < -0.39 is 11.7 Å². The molecule has 3 rings (SSSR count). The summed E-state index contributed by atoms with van der Waals surface area (Å²) in [5.41, 5.74) is 1.31. The van der Waals surface area contributed by atoms with Crippen LogP contribution in [0.5, 0.6) is 5.75 Å². The average molecular weight is 366 g/mol. The number of aromatic nitrogens is 2. The molecule has 0 aliphatic rings. The minimum absolute atomic E-state index is 0.104. The van der Waals surface area contributed by atoms with Gasteiger partial charge >= 0.3 is 0 Å². The number of para-hydroxylation sites is 2. The Kier molecular flexibility index (Phi) is 5.94. The van der Waals surface area contributed by atoms with E-state index in [1.54, 1.807) is 19.2 Å². The predicted octanol–water partition coefficient (Wildman–Crippen LogP) is 3.53. The fourth-order valence-corrected chi connectivity index (χ4v) is 2.54. The second-order valence-corrected chi connectivity index (χ2v) is 5.69. The van der Waals surface area contributed by atoms with Gasteiger partial charge in [-0.25, -0.2) is 14.4 Å². The molecule has 0 aliphatic heterocycles. The summed E-state index contributed by atoms with van der Waals surface area (Å²) in [6.07, 6.45) is 2.19. The average Bonchev–Trinajstić information content (AvgIpc) is 2.70. The molecule has 1 amide bonds. The van der Waals surface area contributed by atoms with Crippen LogP contribution in [0.25, 0.3) is 0 Å². The van der Waals surface area contributed by atoms with Crippen LogP contribution in [-0.2, 0) is 6.42 Å². The largest absolute Gasteiger partial charge is 0.496 e. The summed E-state index contributed by atoms with van der Waals surface area (Å²) in [5.74, 6) is 0.134. The number of ether oxygens (including phenoxy) is 1. The molecule has 0 aliphatic carbocycles. The lowest BCUT2D eigenvalue weighted by Gasteiger charge is -2.10. The summed E-state index contributed by atoms with van der Waals surface area (Å²) in [7, 11) is 1.63. The van der Waals surface area contributed by atoms with E-state index in [0.29, 0.717) is 18.9 Å². The van der Waals surface area contributed by atoms with Crippen molar-refractivity contribution < 1.29 is 13.9 Å². The first-order valence-electron chi connectivity index (χ1n) is 8.42. The molecule has 0 radical (unpaired) electrons. The van der Waals surface area contributed by atoms with Crippen LogP contribution in [0.1, 0.15) is 16.1 Å². The molecule has 27 heavy (non-hydrogen) atoms. The summed E-state index contributed by atoms with van der Waals surface area (Å²) in [6, 6.07) is 15.2. The van der Waals surface area contributed by atoms with Crippen LogP contribution in [0, 0.1) is 5.82 Å². The summed E-state index contributed by atoms with van der Waals surface area (Å²) in [6.45, 7) is 0.568. The molecule has 2 N–H and O–H groups in total. The Morgan fingerprint density at radius 1 is 1.11 bits per heavy atom. The van der Waals surface area contributed by atoms with Gasteiger partial charge in [-0.2, -0.15) is 0 Å². The number of anilines is 2. The number of benzene rings is 2. The normalized spacial score (nSPS) is 10.3. The van der Waals surface area contributed by atoms with Crippen LogP contribution in [-0.4, -0.2) is 29.5 Å². The molecular formula is C20H19FN4O2. The molecule has 0 saturated heterocycles. The Balaban J connectivity index is 1.62. The molecule has 0 bridgehead atoms. The fourth-order valence-electron chi connectivity index (χ4n) is 2.54. The Morgan fingerprint density at radius 3 is 2.70 bits per heavy atom. The zero-order valence-electron chi connectivity index (χ0n) is 14.8. The third kappa shape index (κ3) is 4.78. The molecule has 0 unspecified atom stereocenters. The van der Waals surface area contributed by atoms with E-state index >= 15 is 0 Å². The highest BCUT2D eigenvalue weighted by Gasteiger charge is 2.11. The Labute approximate surface area is 156 Å². The van der Waals surface area contributed by atoms with Crippen molar-refractivity contribution in [2.45, 2.75) is 6.42 Å². The summed E-state index contributed by atoms with van der Waals surface area (Å²) in [5, 5.41) is 5.59. The number of hydrogen-bond acceptors (Lipinski definition) is 5. The Morgan fingerprint density at radius 2 is 1.89 bits per heavy atom. The second-order valence-electron chi connectivity index (χ2n) is 5.69. The zero-order valence-corrected chi connectivity index (χ0v) is 14.8. The van der Waals surface area contributed by atoms with Gasteiger partial charge in [0.1, 0.15) is 17.3 Å². The number of amides is 1. The van der Waals surface area contributed by atoms with Crippen LogP contribution in [0.3, 0.4) is 0 Å². The number of carbonyl (C=O) groups is 1. The maximum absolute atomic E-state index is 13.7. The van der Waals surface area contributed by atoms with Gasteiger partial charge in [-0.05, 0) is 36.2 Å². The van der Waals surface area contributed by atoms with Crippen LogP contribution in [0.4, 0.5) is 16.0 Å². The number of nitrogens with one attached hydrogen (secondary N) is 2. The third-order valence-corrected chi connectivity index (χ3v) is 3.88. The highest BCUT2D eigenvalue weighted by Crippen LogP contribution is 2.18. The molecule has 6 nitrogen and oxygen atoms in total. The van der Waals surface area contributed by atoms with E-state index in [-0.39, 0.29) is 11.4 Å². The molecule has 138 valence electrons. The lowest BCUT2D eigenvalue weighted by atomic mass is 10.1. The summed E-state index contributed by atoms with van der Waals surface area (Å²) >= 11 is 0. The molecule has 0 fully saturated rings. The maximum atomic E-state index is 13.7. The molecule has 0 atom stereocenters. The number of hydrogen-bond donors (Lipinski definition) is 2. The van der Waals surface area contributed by atoms with Gasteiger partial charge in [0.25, 0.3) is 5.91 Å². The van der Waals surface area contributed by atoms with Crippen LogP contribution >= 0.6 is 0 Å². The van der Waals surface area contributed by atoms with E-state index in [2.05, 4.69) is 20.6 Å². The predicted molar refractivity (Wildman–Crippen MR) is 102 cm³/mol. The van der Waals surface area contributed by atoms with Crippen molar-refractivity contribution in [1.29, 1.82) is 0 Å². The fraction of sp³-hybridized carbons (Fsp3) is 0.150. The van der Waals surface area contributed by atoms with Crippen molar-refractivity contribution >= 4 is 17.5 Å². The monoisotopic (exact) mass is 366 g/mol. The summed E-state index contributed by atoms with van der Waals surface area (Å²) < 4.78 is 19.0. The van der Waals surface area contributed by atoms with Gasteiger partial charge in [0, 0.05) is 12.7 Å². The number of halogens is 1. The van der Waals surface area contributed by atoms with Crippen molar-refractivity contribution in [2.24, 2.45) is 0 Å². The zero-order chi connectivity index (χ0) is 19.1. The molecule has 1 aromatic heterocycles. The Bertz CT molecular complexity index is 933. The van der Waals surface area contributed by atoms with E-state index in [1.807, 2.05) is 24.3 Å². The van der Waals surface area contributed by atoms with Gasteiger partial charge in [-0.1, -0.05) is 30.3 Å². The van der Waals surface area contributed by atoms with Gasteiger partial charge in [0.15, 0.2) is 0 Å². The van der Waals surface area contributed by atoms with Gasteiger partial charge in [-0.3, -0.25) is 4.79 Å². The van der Waals surface area contributed by atoms with Gasteiger partial charge in [-0.15, -0.1) is 0 Å². The number of methoxy groups -OCH3 is 1. The minimum Gasteiger partial charge on any atom is -0.496 e. The van der Waals surface area contributed by atoms with Crippen LogP contribution in [0.2, 0.25) is 0 Å². The molecule has 2 aromatic carbocycles. The van der Waals surface area contributed by atoms with Crippen molar-refractivity contribution in [3.8, 4) is 5.75 Å². The quantitative estimate of drug-likeness (QED) is 0.669. The van der Waals surface area contributed by atoms with Crippen LogP contribution in [0.15, 0.2) is 60.8 Å². The SMILES string of the molecule is COc1ccccc1CCNc1nccc(C(=O)Nc2ccccc2F)n1. The standard InChI is InChI=1S/C20H19FN4O2/c1-27-18-9-5-2-6-14(18)10-12-22-20-23-13-11-17(25-20)19(26)24-16-8-4-3-7-15(16)21/h2-9,11,13H,10,12H2,1H3,(H,24,26)(H,22,23,25). The molecule has 3 aromatic rings. The minimum atomic E-state index is -0.505. The third-order valence-electron chi connectivity index (χ3n) is 3.88. The van der Waals surface area contributed by atoms with E-state index in [0.717, 1.165) is 11.3 Å². The van der Waals surface area contributed by atoms with Gasteiger partial charge in [0.2, 0.25) is 5.95 Å². The van der Waals surface area contributed by atoms with E-state index in [1.165, 1.54) is 24.4 Å². The molecule has 1 heterocycles. The topological polar surface area (TPSA) is 76.1 Å². The first kappa shape index (κ1) is 18.3. The first-order chi connectivity index (χ1) is 13.2. The Hall–Kier alpha value is -3.48. The van der Waals surface area contributed by atoms with Crippen molar-refractivity contribution in [3.05, 3.63) is 77.9 Å². The van der Waals surface area contributed by atoms with Crippen molar-refractivity contribution in [3.63, 3.8) is 0 Å². The van der Waals surface area contributed by atoms with Gasteiger partial charge < -0.3 is 15.4 Å². The van der Waals surface area contributed by atoms with Crippen LogP contribution < -0.4 is 15.4 Å². The summed E-state index contributed by atoms with van der Waals surface area (Å²) in [4.78, 5) is 20.6. The smallest absolute Gasteiger partial charge is 0.274 e. The molecule has 7 heteroatoms. The van der Waals surface area contributed by atoms with E-state index in [9.17, 15) is 9.18 Å². The highest BCUT2D eigenvalue weighted by atomic mass is 19.1. The van der Waals surface area contributed by atoms with Crippen molar-refractivity contribution in [2.75, 3.05) is 24.3 Å². The molecule has 0 spiro atoms. The van der Waals surface area contributed by atoms with Gasteiger partial charge in [0.05, 0.1) is 12.8 Å².